The van der Waals surface area contributed by atoms with Gasteiger partial charge in [0.15, 0.2) is 0 Å². The smallest absolute Gasteiger partial charge is 0.319 e. The van der Waals surface area contributed by atoms with E-state index >= 15 is 0 Å². The third-order valence-corrected chi connectivity index (χ3v) is 3.72. The molecule has 126 valence electrons. The Balaban J connectivity index is 1.84. The molecule has 0 aliphatic carbocycles. The fraction of sp³-hybridized carbons (Fsp3) is 0.176. The van der Waals surface area contributed by atoms with Gasteiger partial charge in [0, 0.05) is 34.9 Å². The second-order valence-corrected chi connectivity index (χ2v) is 5.97. The molecule has 0 aliphatic heterocycles. The zero-order chi connectivity index (χ0) is 17.5. The van der Waals surface area contributed by atoms with Crippen molar-refractivity contribution in [2.45, 2.75) is 13.3 Å². The molecule has 0 aliphatic rings. The molecule has 0 unspecified atom stereocenters. The number of carbonyl (C=O) groups is 2. The van der Waals surface area contributed by atoms with Gasteiger partial charge < -0.3 is 16.0 Å². The molecule has 24 heavy (non-hydrogen) atoms. The van der Waals surface area contributed by atoms with E-state index < -0.39 is 0 Å². The quantitative estimate of drug-likeness (QED) is 0.738. The second kappa shape index (κ2) is 8.57. The molecule has 0 aromatic heterocycles. The van der Waals surface area contributed by atoms with Crippen molar-refractivity contribution >= 4 is 46.5 Å². The lowest BCUT2D eigenvalue weighted by atomic mass is 10.1. The Morgan fingerprint density at radius 1 is 1.00 bits per heavy atom. The fourth-order valence-corrected chi connectivity index (χ4v) is 2.59. The van der Waals surface area contributed by atoms with Crippen molar-refractivity contribution < 1.29 is 9.59 Å². The van der Waals surface area contributed by atoms with Crippen LogP contribution in [0.5, 0.6) is 0 Å². The first-order valence-electron chi connectivity index (χ1n) is 7.30. The van der Waals surface area contributed by atoms with Crippen LogP contribution in [0, 0.1) is 0 Å². The molecule has 5 nitrogen and oxygen atoms in total. The number of hydrogen-bond acceptors (Lipinski definition) is 2. The first-order valence-corrected chi connectivity index (χ1v) is 8.06. The van der Waals surface area contributed by atoms with Gasteiger partial charge in [-0.2, -0.15) is 0 Å². The van der Waals surface area contributed by atoms with E-state index in [2.05, 4.69) is 16.0 Å². The van der Waals surface area contributed by atoms with Crippen molar-refractivity contribution in [1.29, 1.82) is 0 Å². The summed E-state index contributed by atoms with van der Waals surface area (Å²) in [5.41, 5.74) is 2.12. The van der Waals surface area contributed by atoms with E-state index in [1.54, 1.807) is 36.4 Å². The van der Waals surface area contributed by atoms with Gasteiger partial charge in [-0.1, -0.05) is 35.3 Å². The Morgan fingerprint density at radius 2 is 1.71 bits per heavy atom. The van der Waals surface area contributed by atoms with Crippen molar-refractivity contribution in [3.63, 3.8) is 0 Å². The predicted octanol–water partition coefficient (Wildman–Crippen LogP) is 4.32. The van der Waals surface area contributed by atoms with Crippen molar-refractivity contribution in [3.8, 4) is 0 Å². The second-order valence-electron chi connectivity index (χ2n) is 5.13. The number of halogens is 2. The van der Waals surface area contributed by atoms with Gasteiger partial charge in [-0.3, -0.25) is 4.79 Å². The summed E-state index contributed by atoms with van der Waals surface area (Å²) in [6.45, 7) is 1.85. The number of nitrogens with one attached hydrogen (secondary N) is 3. The highest BCUT2D eigenvalue weighted by atomic mass is 35.5. The van der Waals surface area contributed by atoms with Crippen molar-refractivity contribution in [3.05, 3.63) is 58.1 Å². The van der Waals surface area contributed by atoms with Crippen LogP contribution in [0.25, 0.3) is 0 Å². The van der Waals surface area contributed by atoms with Crippen LogP contribution in [0.1, 0.15) is 12.5 Å². The Kier molecular flexibility index (Phi) is 6.46. The molecular formula is C17H17Cl2N3O2. The summed E-state index contributed by atoms with van der Waals surface area (Å²) in [6, 6.07) is 11.8. The molecular weight excluding hydrogens is 349 g/mol. The maximum Gasteiger partial charge on any atom is 0.319 e. The highest BCUT2D eigenvalue weighted by Crippen LogP contribution is 2.21. The minimum Gasteiger partial charge on any atom is -0.338 e. The Labute approximate surface area is 150 Å². The summed E-state index contributed by atoms with van der Waals surface area (Å²) < 4.78 is 0. The maximum atomic E-state index is 11.9. The minimum atomic E-state index is -0.333. The molecule has 0 fully saturated rings. The third-order valence-electron chi connectivity index (χ3n) is 3.14. The number of anilines is 2. The first kappa shape index (κ1) is 18.1. The summed E-state index contributed by atoms with van der Waals surface area (Å²) in [4.78, 5) is 23.0. The lowest BCUT2D eigenvalue weighted by molar-refractivity contribution is -0.114. The van der Waals surface area contributed by atoms with E-state index in [9.17, 15) is 9.59 Å². The van der Waals surface area contributed by atoms with Gasteiger partial charge in [-0.15, -0.1) is 0 Å². The van der Waals surface area contributed by atoms with E-state index in [0.717, 1.165) is 5.56 Å². The van der Waals surface area contributed by atoms with Crippen molar-refractivity contribution in [2.24, 2.45) is 0 Å². The molecule has 2 aromatic carbocycles. The van der Waals surface area contributed by atoms with E-state index in [0.29, 0.717) is 34.4 Å². The molecule has 0 radical (unpaired) electrons. The molecule has 0 saturated heterocycles. The van der Waals surface area contributed by atoms with Crippen LogP contribution in [0.15, 0.2) is 42.5 Å². The summed E-state index contributed by atoms with van der Waals surface area (Å²) >= 11 is 11.9. The maximum absolute atomic E-state index is 11.9. The average molecular weight is 366 g/mol. The van der Waals surface area contributed by atoms with E-state index in [1.165, 1.54) is 6.92 Å². The van der Waals surface area contributed by atoms with E-state index in [-0.39, 0.29) is 11.9 Å². The number of carbonyl (C=O) groups excluding carboxylic acids is 2. The first-order chi connectivity index (χ1) is 11.4. The highest BCUT2D eigenvalue weighted by molar-refractivity contribution is 6.35. The van der Waals surface area contributed by atoms with Crippen molar-refractivity contribution in [2.75, 3.05) is 17.2 Å². The lowest BCUT2D eigenvalue weighted by Crippen LogP contribution is -2.30. The number of amides is 3. The van der Waals surface area contributed by atoms with Crippen LogP contribution < -0.4 is 16.0 Å². The zero-order valence-corrected chi connectivity index (χ0v) is 14.5. The number of urea groups is 1. The van der Waals surface area contributed by atoms with E-state index in [4.69, 9.17) is 23.2 Å². The average Bonchev–Trinajstić information content (AvgIpc) is 2.49. The van der Waals surface area contributed by atoms with Crippen LogP contribution in [0.2, 0.25) is 10.0 Å². The van der Waals surface area contributed by atoms with Gasteiger partial charge in [0.05, 0.1) is 0 Å². The van der Waals surface area contributed by atoms with Gasteiger partial charge in [-0.05, 0) is 42.3 Å². The summed E-state index contributed by atoms with van der Waals surface area (Å²) in [5, 5.41) is 9.27. The molecule has 0 spiro atoms. The Hall–Kier alpha value is -2.24. The monoisotopic (exact) mass is 365 g/mol. The van der Waals surface area contributed by atoms with Crippen molar-refractivity contribution in [1.82, 2.24) is 5.32 Å². The van der Waals surface area contributed by atoms with Crippen LogP contribution >= 0.6 is 23.2 Å². The fourth-order valence-electron chi connectivity index (χ4n) is 2.09. The van der Waals surface area contributed by atoms with Gasteiger partial charge in [0.25, 0.3) is 0 Å². The van der Waals surface area contributed by atoms with Crippen LogP contribution in [0.3, 0.4) is 0 Å². The molecule has 7 heteroatoms. The van der Waals surface area contributed by atoms with Gasteiger partial charge in [-0.25, -0.2) is 4.79 Å². The largest absolute Gasteiger partial charge is 0.338 e. The summed E-state index contributed by atoms with van der Waals surface area (Å²) in [6.07, 6.45) is 0.593. The van der Waals surface area contributed by atoms with Crippen LogP contribution in [0.4, 0.5) is 16.2 Å². The standard InChI is InChI=1S/C17H17Cl2N3O2/c1-11(23)21-14-3-2-4-15(10-14)22-17(24)20-8-7-12-5-6-13(18)9-16(12)19/h2-6,9-10H,7-8H2,1H3,(H,21,23)(H2,20,22,24). The molecule has 3 amide bonds. The molecule has 3 N–H and O–H groups in total. The topological polar surface area (TPSA) is 70.2 Å². The third kappa shape index (κ3) is 5.76. The molecule has 0 bridgehead atoms. The molecule has 0 saturated carbocycles. The summed E-state index contributed by atoms with van der Waals surface area (Å²) in [5.74, 6) is -0.170. The zero-order valence-electron chi connectivity index (χ0n) is 13.0. The Morgan fingerprint density at radius 3 is 2.38 bits per heavy atom. The molecule has 0 atom stereocenters. The van der Waals surface area contributed by atoms with Gasteiger partial charge in [0.2, 0.25) is 5.91 Å². The molecule has 2 aromatic rings. The highest BCUT2D eigenvalue weighted by Gasteiger charge is 2.05. The number of hydrogen-bond donors (Lipinski definition) is 3. The molecule has 0 heterocycles. The number of benzene rings is 2. The van der Waals surface area contributed by atoms with Crippen LogP contribution in [-0.2, 0) is 11.2 Å². The SMILES string of the molecule is CC(=O)Nc1cccc(NC(=O)NCCc2ccc(Cl)cc2Cl)c1. The molecule has 2 rings (SSSR count). The van der Waals surface area contributed by atoms with E-state index in [1.807, 2.05) is 6.07 Å². The van der Waals surface area contributed by atoms with Gasteiger partial charge in [0.1, 0.15) is 0 Å². The normalized spacial score (nSPS) is 10.1. The number of rotatable bonds is 5. The Bertz CT molecular complexity index is 750. The van der Waals surface area contributed by atoms with Gasteiger partial charge >= 0.3 is 6.03 Å². The lowest BCUT2D eigenvalue weighted by Gasteiger charge is -2.10. The summed E-state index contributed by atoms with van der Waals surface area (Å²) in [7, 11) is 0. The minimum absolute atomic E-state index is 0.170. The van der Waals surface area contributed by atoms with Crippen LogP contribution in [-0.4, -0.2) is 18.5 Å². The predicted molar refractivity (Wildman–Crippen MR) is 97.9 cm³/mol.